The average Bonchev–Trinajstić information content (AvgIpc) is 2.45. The lowest BCUT2D eigenvalue weighted by molar-refractivity contribution is -0.165. The van der Waals surface area contributed by atoms with Crippen molar-refractivity contribution in [2.45, 2.75) is 25.6 Å². The van der Waals surface area contributed by atoms with Crippen molar-refractivity contribution in [3.63, 3.8) is 0 Å². The molecule has 1 saturated heterocycles. The molecule has 0 N–H and O–H groups in total. The van der Waals surface area contributed by atoms with Crippen molar-refractivity contribution in [3.8, 4) is 11.5 Å². The summed E-state index contributed by atoms with van der Waals surface area (Å²) in [6, 6.07) is 7.52. The minimum Gasteiger partial charge on any atom is -0.497 e. The highest BCUT2D eigenvalue weighted by Crippen LogP contribution is 2.17. The van der Waals surface area contributed by atoms with Gasteiger partial charge in [0, 0.05) is 6.61 Å². The van der Waals surface area contributed by atoms with Crippen molar-refractivity contribution in [1.82, 2.24) is 0 Å². The van der Waals surface area contributed by atoms with Crippen LogP contribution in [-0.2, 0) is 9.47 Å². The first-order chi connectivity index (χ1) is 8.88. The zero-order valence-electron chi connectivity index (χ0n) is 10.8. The topological polar surface area (TPSA) is 36.9 Å². The predicted molar refractivity (Wildman–Crippen MR) is 68.0 cm³/mol. The van der Waals surface area contributed by atoms with Gasteiger partial charge in [-0.05, 0) is 43.5 Å². The molecular weight excluding hydrogens is 232 g/mol. The smallest absolute Gasteiger partial charge is 0.157 e. The van der Waals surface area contributed by atoms with Crippen LogP contribution in [0.5, 0.6) is 11.5 Å². The molecule has 1 fully saturated rings. The van der Waals surface area contributed by atoms with E-state index in [0.29, 0.717) is 13.2 Å². The van der Waals surface area contributed by atoms with Crippen molar-refractivity contribution >= 4 is 0 Å². The molecule has 0 aromatic heterocycles. The first kappa shape index (κ1) is 13.2. The molecule has 0 bridgehead atoms. The molecule has 4 heteroatoms. The van der Waals surface area contributed by atoms with E-state index in [1.807, 2.05) is 24.3 Å². The van der Waals surface area contributed by atoms with E-state index < -0.39 is 0 Å². The van der Waals surface area contributed by atoms with Gasteiger partial charge in [0.15, 0.2) is 6.29 Å². The van der Waals surface area contributed by atoms with Crippen LogP contribution < -0.4 is 9.47 Å². The van der Waals surface area contributed by atoms with E-state index in [1.165, 1.54) is 6.42 Å². The molecule has 1 aromatic carbocycles. The van der Waals surface area contributed by atoms with Gasteiger partial charge in [-0.3, -0.25) is 0 Å². The van der Waals surface area contributed by atoms with Gasteiger partial charge in [0.1, 0.15) is 18.1 Å². The van der Waals surface area contributed by atoms with Gasteiger partial charge in [-0.2, -0.15) is 0 Å². The van der Waals surface area contributed by atoms with Crippen LogP contribution in [-0.4, -0.2) is 33.2 Å². The van der Waals surface area contributed by atoms with Crippen molar-refractivity contribution in [2.75, 3.05) is 26.9 Å². The monoisotopic (exact) mass is 252 g/mol. The number of hydrogen-bond acceptors (Lipinski definition) is 4. The lowest BCUT2D eigenvalue weighted by atomic mass is 10.2. The van der Waals surface area contributed by atoms with Crippen LogP contribution in [0.1, 0.15) is 19.3 Å². The summed E-state index contributed by atoms with van der Waals surface area (Å²) in [5.41, 5.74) is 0. The molecular formula is C14H20O4. The second-order valence-corrected chi connectivity index (χ2v) is 4.19. The molecule has 1 aliphatic heterocycles. The van der Waals surface area contributed by atoms with Crippen LogP contribution in [0.3, 0.4) is 0 Å². The third-order valence-corrected chi connectivity index (χ3v) is 2.85. The van der Waals surface area contributed by atoms with Crippen LogP contribution >= 0.6 is 0 Å². The largest absolute Gasteiger partial charge is 0.497 e. The standard InChI is InChI=1S/C14H20O4/c1-15-12-5-7-13(8-6-12)16-10-11-18-14-4-2-3-9-17-14/h5-8,14H,2-4,9-11H2,1H3/t14-/m0/s1. The summed E-state index contributed by atoms with van der Waals surface area (Å²) in [7, 11) is 1.65. The Labute approximate surface area is 108 Å². The minimum absolute atomic E-state index is 0.0433. The highest BCUT2D eigenvalue weighted by atomic mass is 16.7. The van der Waals surface area contributed by atoms with Crippen molar-refractivity contribution in [3.05, 3.63) is 24.3 Å². The Bertz CT molecular complexity index is 330. The Hall–Kier alpha value is -1.26. The molecule has 1 aromatic rings. The van der Waals surface area contributed by atoms with E-state index in [9.17, 15) is 0 Å². The van der Waals surface area contributed by atoms with Crippen LogP contribution in [0.2, 0.25) is 0 Å². The number of ether oxygens (including phenoxy) is 4. The zero-order chi connectivity index (χ0) is 12.6. The Morgan fingerprint density at radius 1 is 1.11 bits per heavy atom. The van der Waals surface area contributed by atoms with Crippen LogP contribution in [0.15, 0.2) is 24.3 Å². The zero-order valence-corrected chi connectivity index (χ0v) is 10.8. The summed E-state index contributed by atoms with van der Waals surface area (Å²) >= 11 is 0. The van der Waals surface area contributed by atoms with E-state index in [-0.39, 0.29) is 6.29 Å². The third kappa shape index (κ3) is 4.20. The van der Waals surface area contributed by atoms with Gasteiger partial charge in [0.25, 0.3) is 0 Å². The summed E-state index contributed by atoms with van der Waals surface area (Å²) in [6.45, 7) is 1.90. The van der Waals surface area contributed by atoms with E-state index in [2.05, 4.69) is 0 Å². The van der Waals surface area contributed by atoms with Gasteiger partial charge in [-0.1, -0.05) is 0 Å². The second-order valence-electron chi connectivity index (χ2n) is 4.19. The van der Waals surface area contributed by atoms with E-state index in [1.54, 1.807) is 7.11 Å². The van der Waals surface area contributed by atoms with Crippen LogP contribution in [0.4, 0.5) is 0 Å². The minimum atomic E-state index is -0.0433. The Kier molecular flexibility index (Phi) is 5.30. The Morgan fingerprint density at radius 3 is 2.56 bits per heavy atom. The van der Waals surface area contributed by atoms with E-state index in [0.717, 1.165) is 30.9 Å². The summed E-state index contributed by atoms with van der Waals surface area (Å²) in [5.74, 6) is 1.65. The van der Waals surface area contributed by atoms with Gasteiger partial charge < -0.3 is 18.9 Å². The number of hydrogen-bond donors (Lipinski definition) is 0. The van der Waals surface area contributed by atoms with Gasteiger partial charge in [0.2, 0.25) is 0 Å². The lowest BCUT2D eigenvalue weighted by Crippen LogP contribution is -2.24. The highest BCUT2D eigenvalue weighted by Gasteiger charge is 2.13. The fourth-order valence-electron chi connectivity index (χ4n) is 1.85. The fraction of sp³-hybridized carbons (Fsp3) is 0.571. The summed E-state index contributed by atoms with van der Waals surface area (Å²) in [6.07, 6.45) is 3.27. The van der Waals surface area contributed by atoms with Gasteiger partial charge in [0.05, 0.1) is 13.7 Å². The maximum Gasteiger partial charge on any atom is 0.157 e. The Morgan fingerprint density at radius 2 is 1.89 bits per heavy atom. The molecule has 1 atom stereocenters. The maximum absolute atomic E-state index is 5.58. The molecule has 0 saturated carbocycles. The summed E-state index contributed by atoms with van der Waals surface area (Å²) in [4.78, 5) is 0. The average molecular weight is 252 g/mol. The molecule has 0 spiro atoms. The van der Waals surface area contributed by atoms with Gasteiger partial charge >= 0.3 is 0 Å². The molecule has 1 heterocycles. The fourth-order valence-corrected chi connectivity index (χ4v) is 1.85. The van der Waals surface area contributed by atoms with Crippen molar-refractivity contribution in [1.29, 1.82) is 0 Å². The van der Waals surface area contributed by atoms with Crippen molar-refractivity contribution < 1.29 is 18.9 Å². The molecule has 0 aliphatic carbocycles. The normalized spacial score (nSPS) is 19.5. The number of rotatable bonds is 6. The third-order valence-electron chi connectivity index (χ3n) is 2.85. The van der Waals surface area contributed by atoms with Crippen molar-refractivity contribution in [2.24, 2.45) is 0 Å². The molecule has 4 nitrogen and oxygen atoms in total. The van der Waals surface area contributed by atoms with Crippen LogP contribution in [0, 0.1) is 0 Å². The molecule has 0 amide bonds. The first-order valence-corrected chi connectivity index (χ1v) is 6.38. The molecule has 0 radical (unpaired) electrons. The molecule has 0 unspecified atom stereocenters. The van der Waals surface area contributed by atoms with E-state index >= 15 is 0 Å². The first-order valence-electron chi connectivity index (χ1n) is 6.38. The molecule has 18 heavy (non-hydrogen) atoms. The Balaban J connectivity index is 1.62. The molecule has 2 rings (SSSR count). The quantitative estimate of drug-likeness (QED) is 0.729. The summed E-state index contributed by atoms with van der Waals surface area (Å²) < 4.78 is 21.7. The molecule has 100 valence electrons. The van der Waals surface area contributed by atoms with Crippen LogP contribution in [0.25, 0.3) is 0 Å². The van der Waals surface area contributed by atoms with Gasteiger partial charge in [-0.15, -0.1) is 0 Å². The predicted octanol–water partition coefficient (Wildman–Crippen LogP) is 2.62. The SMILES string of the molecule is COc1ccc(OCCO[C@H]2CCCCO2)cc1. The highest BCUT2D eigenvalue weighted by molar-refractivity contribution is 5.31. The summed E-state index contributed by atoms with van der Waals surface area (Å²) in [5, 5.41) is 0. The maximum atomic E-state index is 5.58. The lowest BCUT2D eigenvalue weighted by Gasteiger charge is -2.22. The second kappa shape index (κ2) is 7.24. The van der Waals surface area contributed by atoms with E-state index in [4.69, 9.17) is 18.9 Å². The number of benzene rings is 1. The van der Waals surface area contributed by atoms with Gasteiger partial charge in [-0.25, -0.2) is 0 Å². The number of methoxy groups -OCH3 is 1. The molecule has 1 aliphatic rings.